The van der Waals surface area contributed by atoms with Gasteiger partial charge in [-0.05, 0) is 124 Å². The van der Waals surface area contributed by atoms with E-state index in [4.69, 9.17) is 4.74 Å². The molecule has 216 valence electrons. The topological polar surface area (TPSA) is 46.6 Å². The molecule has 0 aromatic heterocycles. The van der Waals surface area contributed by atoms with Gasteiger partial charge in [-0.3, -0.25) is 14.5 Å². The smallest absolute Gasteiger partial charge is 0.304 e. The largest absolute Gasteiger partial charge is 0.440 e. The van der Waals surface area contributed by atoms with Crippen LogP contribution >= 0.6 is 23.5 Å². The Kier molecular flexibility index (Phi) is 6.59. The zero-order valence-corrected chi connectivity index (χ0v) is 26.4. The van der Waals surface area contributed by atoms with Gasteiger partial charge in [-0.25, -0.2) is 0 Å². The van der Waals surface area contributed by atoms with Crippen molar-refractivity contribution in [1.82, 2.24) is 4.90 Å². The SMILES string of the molecule is CC(=O)O[C@H]1[C@H](SC23CC4CC(CC(C4)C2)C3)C(C(C)(C)C)=C[C@@H](SC23CC4CC(CC(C4)C2)C3)N1C(C)=O. The number of nitrogens with zero attached hydrogens (tertiary/aromatic N) is 1. The highest BCUT2D eigenvalue weighted by atomic mass is 32.2. The van der Waals surface area contributed by atoms with Crippen LogP contribution in [0.1, 0.15) is 112 Å². The van der Waals surface area contributed by atoms with Crippen LogP contribution in [-0.2, 0) is 14.3 Å². The third-order valence-electron chi connectivity index (χ3n) is 11.7. The summed E-state index contributed by atoms with van der Waals surface area (Å²) >= 11 is 4.17. The van der Waals surface area contributed by atoms with E-state index in [1.54, 1.807) is 6.92 Å². The molecule has 9 rings (SSSR count). The fraction of sp³-hybridized carbons (Fsp3) is 0.879. The van der Waals surface area contributed by atoms with Crippen LogP contribution in [0.5, 0.6) is 0 Å². The Morgan fingerprint density at radius 3 is 1.54 bits per heavy atom. The van der Waals surface area contributed by atoms with E-state index in [0.717, 1.165) is 35.5 Å². The van der Waals surface area contributed by atoms with Gasteiger partial charge in [0.25, 0.3) is 0 Å². The van der Waals surface area contributed by atoms with Crippen molar-refractivity contribution in [3.63, 3.8) is 0 Å². The maximum Gasteiger partial charge on any atom is 0.304 e. The highest BCUT2D eigenvalue weighted by Gasteiger charge is 2.57. The molecule has 0 unspecified atom stereocenters. The van der Waals surface area contributed by atoms with Crippen molar-refractivity contribution < 1.29 is 14.3 Å². The molecule has 8 bridgehead atoms. The zero-order chi connectivity index (χ0) is 27.3. The first kappa shape index (κ1) is 27.2. The Morgan fingerprint density at radius 2 is 1.18 bits per heavy atom. The summed E-state index contributed by atoms with van der Waals surface area (Å²) in [4.78, 5) is 28.2. The average molecular weight is 572 g/mol. The summed E-state index contributed by atoms with van der Waals surface area (Å²) in [5.74, 6) is 4.98. The Bertz CT molecular complexity index is 989. The number of hydrogen-bond donors (Lipinski definition) is 0. The van der Waals surface area contributed by atoms with Crippen LogP contribution in [0.2, 0.25) is 0 Å². The summed E-state index contributed by atoms with van der Waals surface area (Å²) < 4.78 is 6.80. The first-order valence-electron chi connectivity index (χ1n) is 15.9. The van der Waals surface area contributed by atoms with Crippen LogP contribution in [0.3, 0.4) is 0 Å². The average Bonchev–Trinajstić information content (AvgIpc) is 2.77. The second-order valence-electron chi connectivity index (χ2n) is 16.0. The second-order valence-corrected chi connectivity index (χ2v) is 19.2. The van der Waals surface area contributed by atoms with Crippen LogP contribution in [0, 0.1) is 40.9 Å². The van der Waals surface area contributed by atoms with Gasteiger partial charge in [0.2, 0.25) is 5.91 Å². The minimum absolute atomic E-state index is 0.00210. The van der Waals surface area contributed by atoms with Gasteiger partial charge in [0, 0.05) is 23.3 Å². The van der Waals surface area contributed by atoms with Gasteiger partial charge in [-0.2, -0.15) is 0 Å². The van der Waals surface area contributed by atoms with Crippen LogP contribution in [0.25, 0.3) is 0 Å². The molecule has 1 amide bonds. The molecule has 6 heteroatoms. The zero-order valence-electron chi connectivity index (χ0n) is 24.7. The lowest BCUT2D eigenvalue weighted by Gasteiger charge is -2.59. The van der Waals surface area contributed by atoms with E-state index in [0.29, 0.717) is 0 Å². The molecule has 0 spiro atoms. The van der Waals surface area contributed by atoms with Gasteiger partial charge in [0.15, 0.2) is 6.23 Å². The maximum absolute atomic E-state index is 13.5. The number of thioether (sulfide) groups is 2. The van der Waals surface area contributed by atoms with E-state index in [1.807, 2.05) is 4.90 Å². The van der Waals surface area contributed by atoms with Crippen molar-refractivity contribution in [1.29, 1.82) is 0 Å². The number of esters is 1. The van der Waals surface area contributed by atoms with Crippen LogP contribution in [-0.4, -0.2) is 43.1 Å². The van der Waals surface area contributed by atoms with Crippen LogP contribution in [0.15, 0.2) is 11.6 Å². The Labute approximate surface area is 244 Å². The molecule has 39 heavy (non-hydrogen) atoms. The first-order chi connectivity index (χ1) is 18.4. The highest BCUT2D eigenvalue weighted by Crippen LogP contribution is 2.65. The number of carbonyl (C=O) groups is 2. The quantitative estimate of drug-likeness (QED) is 0.249. The summed E-state index contributed by atoms with van der Waals surface area (Å²) in [6, 6.07) is 0. The lowest BCUT2D eigenvalue weighted by atomic mass is 9.56. The predicted molar refractivity (Wildman–Crippen MR) is 160 cm³/mol. The fourth-order valence-corrected chi connectivity index (χ4v) is 15.7. The van der Waals surface area contributed by atoms with Crippen molar-refractivity contribution in [3.05, 3.63) is 11.6 Å². The Balaban J connectivity index is 1.26. The molecule has 0 aromatic carbocycles. The molecule has 3 atom stereocenters. The van der Waals surface area contributed by atoms with Gasteiger partial charge in [-0.15, -0.1) is 23.5 Å². The van der Waals surface area contributed by atoms with E-state index in [9.17, 15) is 9.59 Å². The molecule has 0 saturated heterocycles. The van der Waals surface area contributed by atoms with Crippen LogP contribution < -0.4 is 0 Å². The first-order valence-corrected chi connectivity index (χ1v) is 17.7. The summed E-state index contributed by atoms with van der Waals surface area (Å²) in [5.41, 5.74) is 1.34. The number of rotatable bonds is 5. The van der Waals surface area contributed by atoms with Crippen molar-refractivity contribution in [2.24, 2.45) is 40.9 Å². The minimum Gasteiger partial charge on any atom is -0.440 e. The van der Waals surface area contributed by atoms with E-state index < -0.39 is 6.23 Å². The number of hydrogen-bond acceptors (Lipinski definition) is 5. The second kappa shape index (κ2) is 9.44. The number of ether oxygens (including phenoxy) is 1. The molecule has 8 aliphatic carbocycles. The Morgan fingerprint density at radius 1 is 0.769 bits per heavy atom. The van der Waals surface area contributed by atoms with E-state index in [-0.39, 0.29) is 37.4 Å². The molecule has 4 nitrogen and oxygen atoms in total. The van der Waals surface area contributed by atoms with Crippen molar-refractivity contribution in [3.8, 4) is 0 Å². The monoisotopic (exact) mass is 571 g/mol. The van der Waals surface area contributed by atoms with E-state index in [2.05, 4.69) is 50.4 Å². The van der Waals surface area contributed by atoms with Crippen molar-refractivity contribution in [2.75, 3.05) is 0 Å². The maximum atomic E-state index is 13.5. The lowest BCUT2D eigenvalue weighted by Crippen LogP contribution is -2.59. The third kappa shape index (κ3) is 4.93. The van der Waals surface area contributed by atoms with E-state index >= 15 is 0 Å². The van der Waals surface area contributed by atoms with Crippen molar-refractivity contribution >= 4 is 35.4 Å². The third-order valence-corrected chi connectivity index (χ3v) is 15.0. The predicted octanol–water partition coefficient (Wildman–Crippen LogP) is 7.81. The van der Waals surface area contributed by atoms with Gasteiger partial charge in [0.1, 0.15) is 5.37 Å². The van der Waals surface area contributed by atoms with E-state index in [1.165, 1.54) is 89.5 Å². The molecule has 8 saturated carbocycles. The standard InChI is InChI=1S/C33H49NO3S2/c1-19(35)34-28(38-32-13-21-6-22(14-32)8-23(7-21)15-32)12-27(31(3,4)5)29(30(34)37-20(2)36)39-33-16-24-9-25(17-33)11-26(10-24)18-33/h12,21-26,28-30H,6-11,13-18H2,1-5H3/t21?,22?,23?,24?,25?,26?,28-,29-,30+,32?,33?/m1/s1. The molecule has 0 N–H and O–H groups in total. The van der Waals surface area contributed by atoms with Gasteiger partial charge in [0.05, 0.1) is 5.25 Å². The summed E-state index contributed by atoms with van der Waals surface area (Å²) in [5, 5.41) is -0.0622. The van der Waals surface area contributed by atoms with Crippen molar-refractivity contribution in [2.45, 2.75) is 138 Å². The van der Waals surface area contributed by atoms with Crippen LogP contribution in [0.4, 0.5) is 0 Å². The molecule has 1 aliphatic heterocycles. The number of amides is 1. The summed E-state index contributed by atoms with van der Waals surface area (Å²) in [6.07, 6.45) is 18.3. The molecule has 0 aromatic rings. The van der Waals surface area contributed by atoms with Gasteiger partial charge >= 0.3 is 5.97 Å². The fourth-order valence-electron chi connectivity index (χ4n) is 11.2. The summed E-state index contributed by atoms with van der Waals surface area (Å²) in [7, 11) is 0. The minimum atomic E-state index is -0.524. The summed E-state index contributed by atoms with van der Waals surface area (Å²) in [6.45, 7) is 10.2. The normalized spacial score (nSPS) is 47.9. The lowest BCUT2D eigenvalue weighted by molar-refractivity contribution is -0.162. The molecular weight excluding hydrogens is 523 g/mol. The molecule has 1 heterocycles. The Hall–Kier alpha value is -0.620. The molecular formula is C33H49NO3S2. The van der Waals surface area contributed by atoms with Gasteiger partial charge < -0.3 is 4.74 Å². The molecule has 0 radical (unpaired) electrons. The number of carbonyl (C=O) groups excluding carboxylic acids is 2. The molecule has 8 fully saturated rings. The molecule has 9 aliphatic rings. The van der Waals surface area contributed by atoms with Gasteiger partial charge in [-0.1, -0.05) is 26.8 Å². The highest BCUT2D eigenvalue weighted by molar-refractivity contribution is 8.02.